The smallest absolute Gasteiger partial charge is 0.242 e. The van der Waals surface area contributed by atoms with Gasteiger partial charge < -0.3 is 10.5 Å². The van der Waals surface area contributed by atoms with Crippen LogP contribution in [0.1, 0.15) is 19.0 Å². The van der Waals surface area contributed by atoms with Crippen molar-refractivity contribution in [3.63, 3.8) is 0 Å². The minimum absolute atomic E-state index is 0.146. The lowest BCUT2D eigenvalue weighted by atomic mass is 10.0. The molecule has 0 spiro atoms. The zero-order chi connectivity index (χ0) is 13.2. The highest BCUT2D eigenvalue weighted by molar-refractivity contribution is 7.89. The van der Waals surface area contributed by atoms with Gasteiger partial charge in [-0.1, -0.05) is 0 Å². The molecule has 1 fully saturated rings. The van der Waals surface area contributed by atoms with Crippen LogP contribution in [0.5, 0.6) is 0 Å². The third kappa shape index (κ3) is 2.86. The van der Waals surface area contributed by atoms with Crippen molar-refractivity contribution in [3.8, 4) is 0 Å². The molecule has 6 nitrogen and oxygen atoms in total. The van der Waals surface area contributed by atoms with Crippen molar-refractivity contribution in [2.24, 2.45) is 5.73 Å². The van der Waals surface area contributed by atoms with E-state index in [9.17, 15) is 8.42 Å². The monoisotopic (exact) mass is 271 g/mol. The van der Waals surface area contributed by atoms with E-state index >= 15 is 0 Å². The van der Waals surface area contributed by atoms with Crippen LogP contribution in [0.2, 0.25) is 0 Å². The highest BCUT2D eigenvalue weighted by atomic mass is 32.2. The van der Waals surface area contributed by atoms with E-state index in [0.29, 0.717) is 31.9 Å². The van der Waals surface area contributed by atoms with Crippen LogP contribution in [-0.2, 0) is 21.3 Å². The Kier molecular flexibility index (Phi) is 3.67. The van der Waals surface area contributed by atoms with Crippen LogP contribution in [0.15, 0.2) is 23.2 Å². The van der Waals surface area contributed by atoms with Crippen molar-refractivity contribution in [1.82, 2.24) is 9.71 Å². The molecule has 7 heteroatoms. The molecule has 0 aliphatic carbocycles. The minimum Gasteiger partial charge on any atom is -0.379 e. The lowest BCUT2D eigenvalue weighted by molar-refractivity contribution is 0.178. The molecule has 1 aromatic heterocycles. The van der Waals surface area contributed by atoms with Gasteiger partial charge in [-0.05, 0) is 25.5 Å². The van der Waals surface area contributed by atoms with Crippen molar-refractivity contribution >= 4 is 10.0 Å². The summed E-state index contributed by atoms with van der Waals surface area (Å²) >= 11 is 0. The van der Waals surface area contributed by atoms with Crippen LogP contribution in [0.4, 0.5) is 0 Å². The summed E-state index contributed by atoms with van der Waals surface area (Å²) in [5, 5.41) is 0. The van der Waals surface area contributed by atoms with E-state index in [4.69, 9.17) is 10.5 Å². The SMILES string of the molecule is CC1(NS(=O)(=O)c2ccc(CN)nc2)CCOC1. The van der Waals surface area contributed by atoms with Gasteiger partial charge in [0.15, 0.2) is 0 Å². The average molecular weight is 271 g/mol. The second kappa shape index (κ2) is 4.93. The molecule has 3 N–H and O–H groups in total. The average Bonchev–Trinajstić information content (AvgIpc) is 2.75. The topological polar surface area (TPSA) is 94.3 Å². The first-order chi connectivity index (χ1) is 8.45. The second-order valence-electron chi connectivity index (χ2n) is 4.66. The van der Waals surface area contributed by atoms with Gasteiger partial charge in [0.05, 0.1) is 17.8 Å². The molecule has 0 radical (unpaired) electrons. The molecule has 0 amide bonds. The fourth-order valence-corrected chi connectivity index (χ4v) is 3.19. The summed E-state index contributed by atoms with van der Waals surface area (Å²) in [7, 11) is -3.56. The van der Waals surface area contributed by atoms with Gasteiger partial charge in [-0.25, -0.2) is 13.1 Å². The van der Waals surface area contributed by atoms with E-state index in [1.807, 2.05) is 6.92 Å². The Morgan fingerprint density at radius 1 is 1.56 bits per heavy atom. The first kappa shape index (κ1) is 13.4. The summed E-state index contributed by atoms with van der Waals surface area (Å²) in [6, 6.07) is 3.12. The highest BCUT2D eigenvalue weighted by Gasteiger charge is 2.34. The zero-order valence-corrected chi connectivity index (χ0v) is 11.0. The van der Waals surface area contributed by atoms with Gasteiger partial charge in [0.2, 0.25) is 10.0 Å². The number of hydrogen-bond donors (Lipinski definition) is 2. The molecule has 1 unspecified atom stereocenters. The fraction of sp³-hybridized carbons (Fsp3) is 0.545. The summed E-state index contributed by atoms with van der Waals surface area (Å²) in [4.78, 5) is 4.13. The van der Waals surface area contributed by atoms with Crippen molar-refractivity contribution in [1.29, 1.82) is 0 Å². The van der Waals surface area contributed by atoms with Crippen molar-refractivity contribution in [2.75, 3.05) is 13.2 Å². The molecule has 1 aromatic rings. The molecule has 0 aromatic carbocycles. The van der Waals surface area contributed by atoms with Gasteiger partial charge in [0, 0.05) is 19.3 Å². The van der Waals surface area contributed by atoms with E-state index in [1.54, 1.807) is 6.07 Å². The fourth-order valence-electron chi connectivity index (χ4n) is 1.82. The summed E-state index contributed by atoms with van der Waals surface area (Å²) < 4.78 is 32.2. The van der Waals surface area contributed by atoms with Crippen LogP contribution < -0.4 is 10.5 Å². The molecular formula is C11H17N3O3S. The third-order valence-electron chi connectivity index (χ3n) is 2.92. The number of aromatic nitrogens is 1. The molecule has 1 aliphatic heterocycles. The Morgan fingerprint density at radius 3 is 2.83 bits per heavy atom. The number of nitrogens with two attached hydrogens (primary N) is 1. The molecule has 1 aliphatic rings. The van der Waals surface area contributed by atoms with E-state index in [1.165, 1.54) is 12.3 Å². The lowest BCUT2D eigenvalue weighted by Gasteiger charge is -2.23. The number of nitrogens with zero attached hydrogens (tertiary/aromatic N) is 1. The normalized spacial score (nSPS) is 24.3. The Labute approximate surface area is 107 Å². The number of nitrogens with one attached hydrogen (secondary N) is 1. The number of rotatable bonds is 4. The van der Waals surface area contributed by atoms with E-state index in [0.717, 1.165) is 0 Å². The Balaban J connectivity index is 2.19. The molecule has 100 valence electrons. The van der Waals surface area contributed by atoms with Crippen LogP contribution in [0.3, 0.4) is 0 Å². The molecule has 1 saturated heterocycles. The van der Waals surface area contributed by atoms with Crippen LogP contribution in [0.25, 0.3) is 0 Å². The Bertz CT molecular complexity index is 507. The standard InChI is InChI=1S/C11H17N3O3S/c1-11(4-5-17-8-11)14-18(15,16)10-3-2-9(6-12)13-7-10/h2-3,7,14H,4-6,8,12H2,1H3. The molecular weight excluding hydrogens is 254 g/mol. The van der Waals surface area contributed by atoms with E-state index in [-0.39, 0.29) is 4.90 Å². The van der Waals surface area contributed by atoms with Gasteiger partial charge >= 0.3 is 0 Å². The number of ether oxygens (including phenoxy) is 1. The number of hydrogen-bond acceptors (Lipinski definition) is 5. The quantitative estimate of drug-likeness (QED) is 0.803. The minimum atomic E-state index is -3.56. The highest BCUT2D eigenvalue weighted by Crippen LogP contribution is 2.21. The van der Waals surface area contributed by atoms with Gasteiger partial charge in [0.25, 0.3) is 0 Å². The van der Waals surface area contributed by atoms with E-state index < -0.39 is 15.6 Å². The predicted molar refractivity (Wildman–Crippen MR) is 66.3 cm³/mol. The van der Waals surface area contributed by atoms with Gasteiger partial charge in [0.1, 0.15) is 4.90 Å². The van der Waals surface area contributed by atoms with Crippen molar-refractivity contribution in [3.05, 3.63) is 24.0 Å². The molecule has 0 saturated carbocycles. The maximum Gasteiger partial charge on any atom is 0.242 e. The number of pyridine rings is 1. The first-order valence-corrected chi connectivity index (χ1v) is 7.20. The third-order valence-corrected chi connectivity index (χ3v) is 4.54. The molecule has 1 atom stereocenters. The van der Waals surface area contributed by atoms with E-state index in [2.05, 4.69) is 9.71 Å². The summed E-state index contributed by atoms with van der Waals surface area (Å²) in [6.07, 6.45) is 1.99. The molecule has 0 bridgehead atoms. The Morgan fingerprint density at radius 2 is 2.33 bits per heavy atom. The maximum atomic E-state index is 12.2. The molecule has 2 rings (SSSR count). The van der Waals surface area contributed by atoms with Crippen LogP contribution >= 0.6 is 0 Å². The summed E-state index contributed by atoms with van der Waals surface area (Å²) in [5.41, 5.74) is 5.54. The predicted octanol–water partition coefficient (Wildman–Crippen LogP) is -0.00240. The van der Waals surface area contributed by atoms with Crippen molar-refractivity contribution in [2.45, 2.75) is 30.3 Å². The van der Waals surface area contributed by atoms with Gasteiger partial charge in [-0.3, -0.25) is 4.98 Å². The second-order valence-corrected chi connectivity index (χ2v) is 6.34. The largest absolute Gasteiger partial charge is 0.379 e. The zero-order valence-electron chi connectivity index (χ0n) is 10.2. The molecule has 18 heavy (non-hydrogen) atoms. The Hall–Kier alpha value is -1.02. The van der Waals surface area contributed by atoms with Crippen LogP contribution in [0, 0.1) is 0 Å². The summed E-state index contributed by atoms with van der Waals surface area (Å²) in [6.45, 7) is 3.09. The summed E-state index contributed by atoms with van der Waals surface area (Å²) in [5.74, 6) is 0. The van der Waals surface area contributed by atoms with Gasteiger partial charge in [-0.2, -0.15) is 0 Å². The molecule has 2 heterocycles. The van der Waals surface area contributed by atoms with Crippen molar-refractivity contribution < 1.29 is 13.2 Å². The van der Waals surface area contributed by atoms with Gasteiger partial charge in [-0.15, -0.1) is 0 Å². The first-order valence-electron chi connectivity index (χ1n) is 5.72. The lowest BCUT2D eigenvalue weighted by Crippen LogP contribution is -2.46. The van der Waals surface area contributed by atoms with Crippen LogP contribution in [-0.4, -0.2) is 32.2 Å². The number of sulfonamides is 1. The maximum absolute atomic E-state index is 12.2.